The molecule has 0 bridgehead atoms. The first-order valence-electron chi connectivity index (χ1n) is 14.3. The van der Waals surface area contributed by atoms with E-state index in [1.165, 1.54) is 36.2 Å². The highest BCUT2D eigenvalue weighted by atomic mass is 35.5. The topological polar surface area (TPSA) is 74.9 Å². The zero-order valence-corrected chi connectivity index (χ0v) is 28.6. The smallest absolute Gasteiger partial charge is 0.306 e. The van der Waals surface area contributed by atoms with Crippen LogP contribution >= 0.6 is 23.4 Å². The number of rotatable bonds is 14. The highest BCUT2D eigenvalue weighted by Crippen LogP contribution is 2.37. The van der Waals surface area contributed by atoms with Crippen LogP contribution < -0.4 is 4.74 Å². The molecule has 0 aliphatic rings. The second kappa shape index (κ2) is 15.5. The van der Waals surface area contributed by atoms with Crippen molar-refractivity contribution in [3.63, 3.8) is 0 Å². The number of hydrogen-bond acceptors (Lipinski definition) is 7. The maximum Gasteiger partial charge on any atom is 0.306 e. The van der Waals surface area contributed by atoms with Crippen molar-refractivity contribution < 1.29 is 27.8 Å². The quantitative estimate of drug-likeness (QED) is 0.0569. The molecular weight excluding hydrogens is 612 g/mol. The predicted octanol–water partition coefficient (Wildman–Crippen LogP) is 8.89. The minimum Gasteiger partial charge on any atom is -0.460 e. The van der Waals surface area contributed by atoms with E-state index in [4.69, 9.17) is 25.8 Å². The molecule has 0 amide bonds. The SMILES string of the molecule is CSC(Cc1cc(F)c(Oc2ccnc3c2c(Cl)cn3COCC[Si](C)(C)C)c(F)c1)=NCCCCC(=O)OC(C)(C)C. The number of hydrogen-bond donors (Lipinski definition) is 0. The van der Waals surface area contributed by atoms with Gasteiger partial charge in [0.2, 0.25) is 0 Å². The molecule has 7 nitrogen and oxygen atoms in total. The summed E-state index contributed by atoms with van der Waals surface area (Å²) in [5, 5.41) is 1.53. The van der Waals surface area contributed by atoms with Gasteiger partial charge in [0, 0.05) is 46.5 Å². The van der Waals surface area contributed by atoms with E-state index >= 15 is 8.78 Å². The summed E-state index contributed by atoms with van der Waals surface area (Å²) in [6.07, 6.45) is 7.00. The number of aliphatic imine (C=N–C) groups is 1. The first-order valence-corrected chi connectivity index (χ1v) is 19.6. The molecule has 0 aliphatic heterocycles. The van der Waals surface area contributed by atoms with Crippen LogP contribution in [0.2, 0.25) is 30.7 Å². The van der Waals surface area contributed by atoms with Crippen molar-refractivity contribution in [2.75, 3.05) is 19.4 Å². The number of esters is 1. The molecule has 1 aromatic carbocycles. The van der Waals surface area contributed by atoms with Crippen molar-refractivity contribution in [1.29, 1.82) is 0 Å². The average molecular weight is 654 g/mol. The van der Waals surface area contributed by atoms with Gasteiger partial charge < -0.3 is 18.8 Å². The van der Waals surface area contributed by atoms with E-state index in [0.29, 0.717) is 54.0 Å². The van der Waals surface area contributed by atoms with Crippen LogP contribution in [0.5, 0.6) is 11.5 Å². The fraction of sp³-hybridized carbons (Fsp3) is 0.516. The summed E-state index contributed by atoms with van der Waals surface area (Å²) >= 11 is 7.92. The highest BCUT2D eigenvalue weighted by molar-refractivity contribution is 8.13. The number of fused-ring (bicyclic) bond motifs is 1. The summed E-state index contributed by atoms with van der Waals surface area (Å²) in [5.41, 5.74) is 0.432. The molecule has 3 aromatic rings. The summed E-state index contributed by atoms with van der Waals surface area (Å²) in [5.74, 6) is -2.22. The van der Waals surface area contributed by atoms with Gasteiger partial charge in [0.15, 0.2) is 17.4 Å². The van der Waals surface area contributed by atoms with Crippen LogP contribution in [0.25, 0.3) is 11.0 Å². The molecule has 12 heteroatoms. The Morgan fingerprint density at radius 1 is 1.16 bits per heavy atom. The van der Waals surface area contributed by atoms with Crippen molar-refractivity contribution in [2.24, 2.45) is 4.99 Å². The number of halogens is 3. The third-order valence-electron chi connectivity index (χ3n) is 6.26. The van der Waals surface area contributed by atoms with Crippen LogP contribution in [0.1, 0.15) is 45.6 Å². The van der Waals surface area contributed by atoms with Crippen molar-refractivity contribution in [3.05, 3.63) is 52.8 Å². The predicted molar refractivity (Wildman–Crippen MR) is 174 cm³/mol. The second-order valence-corrected chi connectivity index (χ2v) is 19.4. The molecule has 0 unspecified atom stereocenters. The van der Waals surface area contributed by atoms with Crippen molar-refractivity contribution >= 4 is 53.5 Å². The molecular formula is C31H42ClF2N3O4SSi. The number of benzene rings is 1. The molecule has 43 heavy (non-hydrogen) atoms. The van der Waals surface area contributed by atoms with Crippen LogP contribution in [0.4, 0.5) is 8.78 Å². The molecule has 0 aliphatic carbocycles. The Labute approximate surface area is 263 Å². The van der Waals surface area contributed by atoms with E-state index in [1.807, 2.05) is 27.0 Å². The summed E-state index contributed by atoms with van der Waals surface area (Å²) in [6.45, 7) is 13.7. The van der Waals surface area contributed by atoms with E-state index in [1.54, 1.807) is 10.8 Å². The summed E-state index contributed by atoms with van der Waals surface area (Å²) in [7, 11) is -1.23. The second-order valence-electron chi connectivity index (χ2n) is 12.5. The maximum atomic E-state index is 15.2. The van der Waals surface area contributed by atoms with Gasteiger partial charge in [-0.25, -0.2) is 13.8 Å². The molecule has 0 spiro atoms. The van der Waals surface area contributed by atoms with Crippen molar-refractivity contribution in [2.45, 2.75) is 84.5 Å². The lowest BCUT2D eigenvalue weighted by Crippen LogP contribution is -2.23. The zero-order valence-electron chi connectivity index (χ0n) is 26.1. The number of nitrogens with zero attached hydrogens (tertiary/aromatic N) is 3. The Morgan fingerprint density at radius 3 is 2.49 bits per heavy atom. The van der Waals surface area contributed by atoms with Gasteiger partial charge in [-0.2, -0.15) is 0 Å². The van der Waals surface area contributed by atoms with Crippen LogP contribution in [0.3, 0.4) is 0 Å². The highest BCUT2D eigenvalue weighted by Gasteiger charge is 2.20. The van der Waals surface area contributed by atoms with Crippen LogP contribution in [0.15, 0.2) is 35.6 Å². The summed E-state index contributed by atoms with van der Waals surface area (Å²) in [6, 6.07) is 5.06. The van der Waals surface area contributed by atoms with Crippen molar-refractivity contribution in [3.8, 4) is 11.5 Å². The number of pyridine rings is 1. The number of unbranched alkanes of at least 4 members (excludes halogenated alkanes) is 1. The lowest BCUT2D eigenvalue weighted by molar-refractivity contribution is -0.154. The summed E-state index contributed by atoms with van der Waals surface area (Å²) < 4.78 is 49.0. The number of aromatic nitrogens is 2. The van der Waals surface area contributed by atoms with E-state index in [2.05, 4.69) is 29.6 Å². The molecule has 236 valence electrons. The standard InChI is InChI=1S/C31H42ClF2N3O4SSi/c1-31(2,3)41-27(38)10-8-9-12-35-26(42-4)18-21-16-23(33)29(24(34)17-21)40-25-11-13-36-30-28(25)22(32)19-37(30)20-39-14-15-43(5,6)7/h11,13,16-17,19H,8-10,12,14-15,18,20H2,1-7H3. The monoisotopic (exact) mass is 653 g/mol. The number of ether oxygens (including phenoxy) is 3. The van der Waals surface area contributed by atoms with Gasteiger partial charge in [0.1, 0.15) is 23.7 Å². The lowest BCUT2D eigenvalue weighted by atomic mass is 10.1. The molecule has 0 atom stereocenters. The molecule has 0 saturated carbocycles. The fourth-order valence-electron chi connectivity index (χ4n) is 4.13. The molecule has 0 radical (unpaired) electrons. The van der Waals surface area contributed by atoms with Crippen LogP contribution in [-0.2, 0) is 27.4 Å². The molecule has 2 aromatic heterocycles. The van der Waals surface area contributed by atoms with Gasteiger partial charge in [-0.3, -0.25) is 9.79 Å². The molecule has 2 heterocycles. The maximum absolute atomic E-state index is 15.2. The van der Waals surface area contributed by atoms with E-state index < -0.39 is 31.1 Å². The van der Waals surface area contributed by atoms with Gasteiger partial charge in [-0.15, -0.1) is 11.8 Å². The van der Waals surface area contributed by atoms with E-state index in [-0.39, 0.29) is 24.9 Å². The molecule has 0 fully saturated rings. The Morgan fingerprint density at radius 2 is 1.86 bits per heavy atom. The minimum atomic E-state index is -1.23. The Bertz CT molecular complexity index is 1410. The summed E-state index contributed by atoms with van der Waals surface area (Å²) in [4.78, 5) is 20.8. The van der Waals surface area contributed by atoms with E-state index in [9.17, 15) is 4.79 Å². The van der Waals surface area contributed by atoms with Gasteiger partial charge >= 0.3 is 5.97 Å². The Balaban J connectivity index is 1.65. The molecule has 0 saturated heterocycles. The largest absolute Gasteiger partial charge is 0.460 e. The van der Waals surface area contributed by atoms with Gasteiger partial charge in [-0.05, 0) is 69.7 Å². The molecule has 0 N–H and O–H groups in total. The number of thioether (sulfide) groups is 1. The molecule has 3 rings (SSSR count). The Hall–Kier alpha value is -2.47. The van der Waals surface area contributed by atoms with Gasteiger partial charge in [0.05, 0.1) is 15.5 Å². The Kier molecular flexibility index (Phi) is 12.6. The van der Waals surface area contributed by atoms with Crippen LogP contribution in [0, 0.1) is 11.6 Å². The number of carbonyl (C=O) groups excluding carboxylic acids is 1. The normalized spacial score (nSPS) is 12.7. The van der Waals surface area contributed by atoms with Crippen molar-refractivity contribution in [1.82, 2.24) is 9.55 Å². The first-order chi connectivity index (χ1) is 20.2. The lowest BCUT2D eigenvalue weighted by Gasteiger charge is -2.19. The average Bonchev–Trinajstić information content (AvgIpc) is 3.22. The van der Waals surface area contributed by atoms with Gasteiger partial charge in [-0.1, -0.05) is 31.2 Å². The number of carbonyl (C=O) groups is 1. The third kappa shape index (κ3) is 11.2. The fourth-order valence-corrected chi connectivity index (χ4v) is 5.71. The van der Waals surface area contributed by atoms with Gasteiger partial charge in [0.25, 0.3) is 0 Å². The first kappa shape index (κ1) is 35.0. The third-order valence-corrected chi connectivity index (χ3v) is 8.99. The minimum absolute atomic E-state index is 0.194. The van der Waals surface area contributed by atoms with Crippen LogP contribution in [-0.4, -0.2) is 53.6 Å². The zero-order chi connectivity index (χ0) is 31.8. The van der Waals surface area contributed by atoms with E-state index in [0.717, 1.165) is 11.1 Å².